The average Bonchev–Trinajstić information content (AvgIpc) is 2.71. The quantitative estimate of drug-likeness (QED) is 0.775. The van der Waals surface area contributed by atoms with Gasteiger partial charge in [-0.05, 0) is 32.8 Å². The smallest absolute Gasteiger partial charge is 0.168 e. The summed E-state index contributed by atoms with van der Waals surface area (Å²) in [5.74, 6) is 2.07. The van der Waals surface area contributed by atoms with Crippen LogP contribution in [0.5, 0.6) is 11.5 Å². The summed E-state index contributed by atoms with van der Waals surface area (Å²) < 4.78 is 7.93. The summed E-state index contributed by atoms with van der Waals surface area (Å²) >= 11 is 5.90. The first kappa shape index (κ1) is 13.4. The van der Waals surface area contributed by atoms with Crippen molar-refractivity contribution < 1.29 is 4.74 Å². The topological polar surface area (TPSA) is 39.9 Å². The van der Waals surface area contributed by atoms with Gasteiger partial charge in [-0.1, -0.05) is 18.0 Å². The minimum atomic E-state index is 0.326. The lowest BCUT2D eigenvalue weighted by Crippen LogP contribution is -2.11. The van der Waals surface area contributed by atoms with Crippen LogP contribution in [0.2, 0.25) is 5.15 Å². The molecular weight excluding hydrogens is 274 g/mol. The zero-order chi connectivity index (χ0) is 14.1. The van der Waals surface area contributed by atoms with Crippen molar-refractivity contribution in [3.8, 4) is 11.5 Å². The highest BCUT2D eigenvalue weighted by Crippen LogP contribution is 2.41. The van der Waals surface area contributed by atoms with E-state index in [0.29, 0.717) is 22.9 Å². The van der Waals surface area contributed by atoms with Crippen molar-refractivity contribution >= 4 is 11.6 Å². The number of nitrogens with zero attached hydrogens (tertiary/aromatic N) is 3. The summed E-state index contributed by atoms with van der Waals surface area (Å²) in [5.41, 5.74) is 1.07. The van der Waals surface area contributed by atoms with Gasteiger partial charge in [0.15, 0.2) is 5.75 Å². The number of hydrogen-bond donors (Lipinski definition) is 0. The Kier molecular flexibility index (Phi) is 3.66. The fourth-order valence-electron chi connectivity index (χ4n) is 2.27. The normalized spacial score (nSPS) is 15.4. The minimum absolute atomic E-state index is 0.326. The third kappa shape index (κ3) is 2.66. The number of aromatic nitrogens is 3. The fraction of sp³-hybridized carbons (Fsp3) is 0.467. The molecule has 3 rings (SSSR count). The fourth-order valence-corrected chi connectivity index (χ4v) is 2.44. The summed E-state index contributed by atoms with van der Waals surface area (Å²) in [5, 5.41) is 5.13. The Hall–Kier alpha value is -1.55. The molecule has 0 radical (unpaired) electrons. The zero-order valence-corrected chi connectivity index (χ0v) is 12.5. The van der Waals surface area contributed by atoms with Crippen molar-refractivity contribution in [2.75, 3.05) is 0 Å². The second kappa shape index (κ2) is 5.44. The van der Waals surface area contributed by atoms with Gasteiger partial charge >= 0.3 is 0 Å². The van der Waals surface area contributed by atoms with Crippen LogP contribution in [0.3, 0.4) is 0 Å². The van der Waals surface area contributed by atoms with Gasteiger partial charge in [-0.2, -0.15) is 5.10 Å². The van der Waals surface area contributed by atoms with Crippen LogP contribution in [0.15, 0.2) is 24.5 Å². The Bertz CT molecular complexity index is 605. The van der Waals surface area contributed by atoms with Crippen molar-refractivity contribution in [2.45, 2.75) is 45.1 Å². The molecule has 4 nitrogen and oxygen atoms in total. The summed E-state index contributed by atoms with van der Waals surface area (Å²) in [6, 6.07) is 3.86. The average molecular weight is 292 g/mol. The molecule has 1 aliphatic carbocycles. The van der Waals surface area contributed by atoms with E-state index in [2.05, 4.69) is 18.8 Å². The van der Waals surface area contributed by atoms with Crippen LogP contribution in [-0.2, 0) is 0 Å². The van der Waals surface area contributed by atoms with Crippen LogP contribution in [0.25, 0.3) is 0 Å². The maximum Gasteiger partial charge on any atom is 0.168 e. The first-order chi connectivity index (χ1) is 9.63. The van der Waals surface area contributed by atoms with Crippen molar-refractivity contribution in [1.29, 1.82) is 0 Å². The Morgan fingerprint density at radius 1 is 1.40 bits per heavy atom. The predicted molar refractivity (Wildman–Crippen MR) is 78.5 cm³/mol. The van der Waals surface area contributed by atoms with Crippen molar-refractivity contribution in [3.63, 3.8) is 0 Å². The summed E-state index contributed by atoms with van der Waals surface area (Å²) in [6.45, 7) is 4.23. The molecule has 0 bridgehead atoms. The minimum Gasteiger partial charge on any atom is -0.454 e. The van der Waals surface area contributed by atoms with E-state index >= 15 is 0 Å². The maximum absolute atomic E-state index is 5.97. The molecule has 0 atom stereocenters. The van der Waals surface area contributed by atoms with Gasteiger partial charge in [-0.25, -0.2) is 4.98 Å². The number of halogens is 1. The number of hydrogen-bond acceptors (Lipinski definition) is 3. The molecule has 0 spiro atoms. The number of rotatable bonds is 4. The SMILES string of the molecule is CC(C)n1cc(Oc2ccnc(Cl)c2)c(C2CCC2)n1. The van der Waals surface area contributed by atoms with Crippen molar-refractivity contribution in [1.82, 2.24) is 14.8 Å². The van der Waals surface area contributed by atoms with Gasteiger partial charge in [0.2, 0.25) is 0 Å². The third-order valence-electron chi connectivity index (χ3n) is 3.67. The molecule has 0 amide bonds. The molecule has 1 fully saturated rings. The Morgan fingerprint density at radius 3 is 2.80 bits per heavy atom. The molecule has 2 aromatic heterocycles. The van der Waals surface area contributed by atoms with E-state index in [0.717, 1.165) is 11.4 Å². The first-order valence-corrected chi connectivity index (χ1v) is 7.39. The van der Waals surface area contributed by atoms with Gasteiger partial charge < -0.3 is 4.74 Å². The van der Waals surface area contributed by atoms with Crippen LogP contribution >= 0.6 is 11.6 Å². The Morgan fingerprint density at radius 2 is 2.20 bits per heavy atom. The molecular formula is C15H18ClN3O. The van der Waals surface area contributed by atoms with Crippen LogP contribution in [0, 0.1) is 0 Å². The molecule has 0 unspecified atom stereocenters. The predicted octanol–water partition coefficient (Wildman–Crippen LogP) is 4.57. The van der Waals surface area contributed by atoms with E-state index in [9.17, 15) is 0 Å². The molecule has 1 saturated carbocycles. The Balaban J connectivity index is 1.90. The van der Waals surface area contributed by atoms with Gasteiger partial charge in [0.05, 0.1) is 6.20 Å². The van der Waals surface area contributed by atoms with E-state index in [4.69, 9.17) is 21.4 Å². The van der Waals surface area contributed by atoms with E-state index in [1.807, 2.05) is 16.9 Å². The highest BCUT2D eigenvalue weighted by Gasteiger charge is 2.27. The molecule has 106 valence electrons. The van der Waals surface area contributed by atoms with Crippen LogP contribution in [0.1, 0.15) is 50.8 Å². The van der Waals surface area contributed by atoms with Crippen LogP contribution in [-0.4, -0.2) is 14.8 Å². The lowest BCUT2D eigenvalue weighted by atomic mass is 9.83. The highest BCUT2D eigenvalue weighted by atomic mass is 35.5. The lowest BCUT2D eigenvalue weighted by Gasteiger charge is -2.24. The monoisotopic (exact) mass is 291 g/mol. The number of pyridine rings is 1. The summed E-state index contributed by atoms with van der Waals surface area (Å²) in [4.78, 5) is 3.96. The third-order valence-corrected chi connectivity index (χ3v) is 3.88. The molecule has 0 saturated heterocycles. The van der Waals surface area contributed by atoms with Gasteiger partial charge in [-0.15, -0.1) is 0 Å². The van der Waals surface area contributed by atoms with E-state index < -0.39 is 0 Å². The standard InChI is InChI=1S/C15H18ClN3O/c1-10(2)19-9-13(15(18-19)11-4-3-5-11)20-12-6-7-17-14(16)8-12/h6-11H,3-5H2,1-2H3. The lowest BCUT2D eigenvalue weighted by molar-refractivity contribution is 0.386. The summed E-state index contributed by atoms with van der Waals surface area (Å²) in [7, 11) is 0. The zero-order valence-electron chi connectivity index (χ0n) is 11.7. The number of ether oxygens (including phenoxy) is 1. The van der Waals surface area contributed by atoms with E-state index in [1.54, 1.807) is 12.3 Å². The van der Waals surface area contributed by atoms with Crippen molar-refractivity contribution in [3.05, 3.63) is 35.4 Å². The molecule has 0 N–H and O–H groups in total. The van der Waals surface area contributed by atoms with Crippen LogP contribution < -0.4 is 4.74 Å². The molecule has 5 heteroatoms. The van der Waals surface area contributed by atoms with Gasteiger partial charge in [0.1, 0.15) is 16.6 Å². The molecule has 1 aliphatic rings. The Labute approximate surface area is 123 Å². The molecule has 2 aromatic rings. The maximum atomic E-state index is 5.97. The van der Waals surface area contributed by atoms with Crippen molar-refractivity contribution in [2.24, 2.45) is 0 Å². The largest absolute Gasteiger partial charge is 0.454 e. The molecule has 0 aliphatic heterocycles. The van der Waals surface area contributed by atoms with E-state index in [-0.39, 0.29) is 0 Å². The molecule has 2 heterocycles. The molecule has 0 aromatic carbocycles. The first-order valence-electron chi connectivity index (χ1n) is 7.02. The van der Waals surface area contributed by atoms with E-state index in [1.165, 1.54) is 19.3 Å². The summed E-state index contributed by atoms with van der Waals surface area (Å²) in [6.07, 6.45) is 7.30. The van der Waals surface area contributed by atoms with Crippen LogP contribution in [0.4, 0.5) is 0 Å². The second-order valence-corrected chi connectivity index (χ2v) is 5.88. The van der Waals surface area contributed by atoms with Gasteiger partial charge in [0.25, 0.3) is 0 Å². The van der Waals surface area contributed by atoms with Gasteiger partial charge in [-0.3, -0.25) is 4.68 Å². The van der Waals surface area contributed by atoms with Gasteiger partial charge in [0, 0.05) is 24.2 Å². The highest BCUT2D eigenvalue weighted by molar-refractivity contribution is 6.29. The molecule has 20 heavy (non-hydrogen) atoms. The second-order valence-electron chi connectivity index (χ2n) is 5.50.